The topological polar surface area (TPSA) is 30.7 Å². The standard InChI is InChI=1S/C18H22F3N3/c1-11(2)17-23-16(10-24(17)14-6-4-5-7-14)13-8-15(18(19,20)21)12(3)22-9-13/h8-11,14H,4-7H2,1-3H3. The predicted molar refractivity (Wildman–Crippen MR) is 86.8 cm³/mol. The molecule has 1 saturated carbocycles. The van der Waals surface area contributed by atoms with Gasteiger partial charge in [-0.1, -0.05) is 26.7 Å². The molecule has 0 unspecified atom stereocenters. The molecule has 6 heteroatoms. The summed E-state index contributed by atoms with van der Waals surface area (Å²) in [4.78, 5) is 8.57. The second kappa shape index (κ2) is 6.22. The van der Waals surface area contributed by atoms with Crippen molar-refractivity contribution >= 4 is 0 Å². The highest BCUT2D eigenvalue weighted by Gasteiger charge is 2.33. The zero-order valence-electron chi connectivity index (χ0n) is 14.2. The van der Waals surface area contributed by atoms with Gasteiger partial charge in [0.25, 0.3) is 0 Å². The minimum atomic E-state index is -4.40. The summed E-state index contributed by atoms with van der Waals surface area (Å²) >= 11 is 0. The minimum Gasteiger partial charge on any atom is -0.331 e. The Morgan fingerprint density at radius 3 is 2.46 bits per heavy atom. The van der Waals surface area contributed by atoms with Crippen molar-refractivity contribution in [1.82, 2.24) is 14.5 Å². The van der Waals surface area contributed by atoms with Crippen molar-refractivity contribution < 1.29 is 13.2 Å². The molecular weight excluding hydrogens is 315 g/mol. The Hall–Kier alpha value is -1.85. The Balaban J connectivity index is 2.05. The van der Waals surface area contributed by atoms with E-state index in [9.17, 15) is 13.2 Å². The van der Waals surface area contributed by atoms with Crippen LogP contribution in [0.25, 0.3) is 11.3 Å². The number of alkyl halides is 3. The van der Waals surface area contributed by atoms with Crippen molar-refractivity contribution in [2.45, 2.75) is 64.6 Å². The first-order chi connectivity index (χ1) is 11.3. The van der Waals surface area contributed by atoms with Gasteiger partial charge in [-0.3, -0.25) is 4.98 Å². The number of halogens is 3. The van der Waals surface area contributed by atoms with Gasteiger partial charge in [0.15, 0.2) is 0 Å². The maximum Gasteiger partial charge on any atom is 0.418 e. The van der Waals surface area contributed by atoms with E-state index in [4.69, 9.17) is 0 Å². The summed E-state index contributed by atoms with van der Waals surface area (Å²) in [7, 11) is 0. The molecule has 0 radical (unpaired) electrons. The molecule has 0 saturated heterocycles. The second-order valence-electron chi connectivity index (χ2n) is 6.84. The fraction of sp³-hybridized carbons (Fsp3) is 0.556. The highest BCUT2D eigenvalue weighted by molar-refractivity contribution is 5.59. The average molecular weight is 337 g/mol. The highest BCUT2D eigenvalue weighted by atomic mass is 19.4. The van der Waals surface area contributed by atoms with E-state index in [1.54, 1.807) is 0 Å². The Bertz CT molecular complexity index is 726. The van der Waals surface area contributed by atoms with Gasteiger partial charge in [-0.2, -0.15) is 13.2 Å². The third-order valence-corrected chi connectivity index (χ3v) is 4.68. The zero-order valence-corrected chi connectivity index (χ0v) is 14.2. The summed E-state index contributed by atoms with van der Waals surface area (Å²) in [5, 5.41) is 0. The van der Waals surface area contributed by atoms with Crippen LogP contribution in [-0.4, -0.2) is 14.5 Å². The van der Waals surface area contributed by atoms with Gasteiger partial charge in [-0.15, -0.1) is 0 Å². The molecule has 0 aliphatic heterocycles. The number of hydrogen-bond acceptors (Lipinski definition) is 2. The quantitative estimate of drug-likeness (QED) is 0.739. The molecule has 0 spiro atoms. The van der Waals surface area contributed by atoms with Crippen LogP contribution in [0.1, 0.15) is 68.6 Å². The van der Waals surface area contributed by atoms with E-state index in [-0.39, 0.29) is 11.6 Å². The van der Waals surface area contributed by atoms with E-state index in [1.165, 1.54) is 26.0 Å². The smallest absolute Gasteiger partial charge is 0.331 e. The lowest BCUT2D eigenvalue weighted by Gasteiger charge is -2.16. The van der Waals surface area contributed by atoms with Gasteiger partial charge in [0.2, 0.25) is 0 Å². The van der Waals surface area contributed by atoms with Gasteiger partial charge in [0.1, 0.15) is 5.82 Å². The fourth-order valence-corrected chi connectivity index (χ4v) is 3.41. The van der Waals surface area contributed by atoms with Crippen LogP contribution in [0, 0.1) is 6.92 Å². The predicted octanol–water partition coefficient (Wildman–Crippen LogP) is 5.51. The summed E-state index contributed by atoms with van der Waals surface area (Å²) in [6.07, 6.45) is 3.58. The summed E-state index contributed by atoms with van der Waals surface area (Å²) in [6.45, 7) is 5.50. The molecule has 130 valence electrons. The van der Waals surface area contributed by atoms with Crippen LogP contribution >= 0.6 is 0 Å². The molecular formula is C18H22F3N3. The van der Waals surface area contributed by atoms with Crippen LogP contribution < -0.4 is 0 Å². The molecule has 1 aliphatic carbocycles. The number of aromatic nitrogens is 3. The van der Waals surface area contributed by atoms with Gasteiger partial charge in [-0.05, 0) is 25.8 Å². The van der Waals surface area contributed by atoms with E-state index >= 15 is 0 Å². The Morgan fingerprint density at radius 1 is 1.21 bits per heavy atom. The number of pyridine rings is 1. The van der Waals surface area contributed by atoms with Gasteiger partial charge in [-0.25, -0.2) is 4.98 Å². The summed E-state index contributed by atoms with van der Waals surface area (Å²) in [5.74, 6) is 1.16. The molecule has 0 atom stereocenters. The molecule has 0 bridgehead atoms. The lowest BCUT2D eigenvalue weighted by atomic mass is 10.1. The Morgan fingerprint density at radius 2 is 1.88 bits per heavy atom. The number of nitrogens with zero attached hydrogens (tertiary/aromatic N) is 3. The number of hydrogen-bond donors (Lipinski definition) is 0. The Labute approximate surface area is 139 Å². The maximum absolute atomic E-state index is 13.1. The zero-order chi connectivity index (χ0) is 17.5. The molecule has 2 heterocycles. The van der Waals surface area contributed by atoms with Crippen LogP contribution in [0.4, 0.5) is 13.2 Å². The van der Waals surface area contributed by atoms with Crippen LogP contribution in [0.15, 0.2) is 18.5 Å². The largest absolute Gasteiger partial charge is 0.418 e. The van der Waals surface area contributed by atoms with E-state index < -0.39 is 11.7 Å². The van der Waals surface area contributed by atoms with E-state index in [1.807, 2.05) is 6.20 Å². The molecule has 0 amide bonds. The molecule has 3 nitrogen and oxygen atoms in total. The molecule has 3 rings (SSSR count). The SMILES string of the molecule is Cc1ncc(-c2cn(C3CCCC3)c(C(C)C)n2)cc1C(F)(F)F. The fourth-order valence-electron chi connectivity index (χ4n) is 3.41. The number of aryl methyl sites for hydroxylation is 1. The van der Waals surface area contributed by atoms with Crippen LogP contribution in [0.2, 0.25) is 0 Å². The lowest BCUT2D eigenvalue weighted by Crippen LogP contribution is -2.09. The minimum absolute atomic E-state index is 0.00874. The third-order valence-electron chi connectivity index (χ3n) is 4.68. The van der Waals surface area contributed by atoms with Gasteiger partial charge in [0, 0.05) is 35.6 Å². The number of imidazole rings is 1. The summed E-state index contributed by atoms with van der Waals surface area (Å²) in [6, 6.07) is 1.57. The molecule has 0 N–H and O–H groups in total. The molecule has 1 aliphatic rings. The Kier molecular flexibility index (Phi) is 4.40. The van der Waals surface area contributed by atoms with Crippen molar-refractivity contribution in [3.63, 3.8) is 0 Å². The van der Waals surface area contributed by atoms with Crippen LogP contribution in [0.5, 0.6) is 0 Å². The third kappa shape index (κ3) is 3.19. The van der Waals surface area contributed by atoms with Gasteiger partial charge >= 0.3 is 6.18 Å². The first kappa shape index (κ1) is 17.0. The van der Waals surface area contributed by atoms with Crippen molar-refractivity contribution in [3.05, 3.63) is 35.5 Å². The van der Waals surface area contributed by atoms with Crippen molar-refractivity contribution in [2.24, 2.45) is 0 Å². The van der Waals surface area contributed by atoms with Crippen LogP contribution in [0.3, 0.4) is 0 Å². The summed E-state index contributed by atoms with van der Waals surface area (Å²) < 4.78 is 41.6. The maximum atomic E-state index is 13.1. The molecule has 0 aromatic carbocycles. The van der Waals surface area contributed by atoms with Gasteiger partial charge < -0.3 is 4.57 Å². The molecule has 2 aromatic heterocycles. The second-order valence-corrected chi connectivity index (χ2v) is 6.84. The molecule has 1 fully saturated rings. The average Bonchev–Trinajstić information content (AvgIpc) is 3.15. The van der Waals surface area contributed by atoms with E-state index in [0.717, 1.165) is 24.7 Å². The first-order valence-corrected chi connectivity index (χ1v) is 8.40. The van der Waals surface area contributed by atoms with E-state index in [2.05, 4.69) is 28.4 Å². The highest BCUT2D eigenvalue weighted by Crippen LogP contribution is 2.36. The summed E-state index contributed by atoms with van der Waals surface area (Å²) in [5.41, 5.74) is 0.294. The number of rotatable bonds is 3. The molecule has 2 aromatic rings. The van der Waals surface area contributed by atoms with Crippen LogP contribution in [-0.2, 0) is 6.18 Å². The van der Waals surface area contributed by atoms with Crippen molar-refractivity contribution in [1.29, 1.82) is 0 Å². The van der Waals surface area contributed by atoms with E-state index in [0.29, 0.717) is 17.3 Å². The van der Waals surface area contributed by atoms with Crippen molar-refractivity contribution in [2.75, 3.05) is 0 Å². The van der Waals surface area contributed by atoms with Gasteiger partial charge in [0.05, 0.1) is 11.3 Å². The monoisotopic (exact) mass is 337 g/mol. The lowest BCUT2D eigenvalue weighted by molar-refractivity contribution is -0.138. The first-order valence-electron chi connectivity index (χ1n) is 8.40. The normalized spacial score (nSPS) is 16.3. The van der Waals surface area contributed by atoms with Crippen molar-refractivity contribution in [3.8, 4) is 11.3 Å². The molecule has 24 heavy (non-hydrogen) atoms.